The van der Waals surface area contributed by atoms with Crippen molar-refractivity contribution >= 4 is 22.1 Å². The number of aromatic nitrogens is 4. The van der Waals surface area contributed by atoms with Crippen molar-refractivity contribution in [3.8, 4) is 11.4 Å². The van der Waals surface area contributed by atoms with Crippen LogP contribution in [0.4, 0.5) is 5.82 Å². The minimum absolute atomic E-state index is 0.390. The quantitative estimate of drug-likeness (QED) is 0.763. The van der Waals surface area contributed by atoms with Gasteiger partial charge >= 0.3 is 0 Å². The van der Waals surface area contributed by atoms with Crippen LogP contribution in [0.1, 0.15) is 31.6 Å². The molecule has 0 spiro atoms. The Hall–Kier alpha value is -1.99. The summed E-state index contributed by atoms with van der Waals surface area (Å²) in [5, 5.41) is 7.04. The summed E-state index contributed by atoms with van der Waals surface area (Å²) in [6.45, 7) is 5.47. The summed E-state index contributed by atoms with van der Waals surface area (Å²) in [6.07, 6.45) is 11.0. The third-order valence-electron chi connectivity index (χ3n) is 4.60. The summed E-state index contributed by atoms with van der Waals surface area (Å²) < 4.78 is 2.11. The van der Waals surface area contributed by atoms with Gasteiger partial charge in [0, 0.05) is 23.2 Å². The summed E-state index contributed by atoms with van der Waals surface area (Å²) in [5.41, 5.74) is 1.84. The van der Waals surface area contributed by atoms with E-state index in [1.54, 1.807) is 23.7 Å². The first kappa shape index (κ1) is 15.5. The predicted molar refractivity (Wildman–Crippen MR) is 97.6 cm³/mol. The standard InChI is InChI=1S/C17H22N6S/c1-3-12-10-23-15(8-20-17(23)24-12)14-7-18-9-16(22-14)21-13-5-4-6-19-11(13)2/h7-11,13,19H,3-6H2,1-2H3,(H,21,22). The van der Waals surface area contributed by atoms with E-state index in [0.717, 1.165) is 41.6 Å². The Labute approximate surface area is 145 Å². The normalized spacial score (nSPS) is 21.2. The molecule has 0 amide bonds. The zero-order valence-corrected chi connectivity index (χ0v) is 14.8. The van der Waals surface area contributed by atoms with Gasteiger partial charge in [0.05, 0.1) is 24.3 Å². The van der Waals surface area contributed by atoms with Crippen molar-refractivity contribution in [2.24, 2.45) is 0 Å². The molecule has 1 aliphatic rings. The number of anilines is 1. The maximum atomic E-state index is 4.77. The lowest BCUT2D eigenvalue weighted by Gasteiger charge is -2.30. The van der Waals surface area contributed by atoms with Crippen LogP contribution in [-0.2, 0) is 6.42 Å². The van der Waals surface area contributed by atoms with Gasteiger partial charge in [0.1, 0.15) is 11.5 Å². The van der Waals surface area contributed by atoms with Gasteiger partial charge < -0.3 is 10.6 Å². The molecule has 0 saturated carbocycles. The fourth-order valence-electron chi connectivity index (χ4n) is 3.17. The van der Waals surface area contributed by atoms with E-state index in [1.165, 1.54) is 11.3 Å². The van der Waals surface area contributed by atoms with Crippen molar-refractivity contribution in [2.45, 2.75) is 45.2 Å². The highest BCUT2D eigenvalue weighted by Gasteiger charge is 2.21. The zero-order valence-electron chi connectivity index (χ0n) is 14.0. The lowest BCUT2D eigenvalue weighted by molar-refractivity contribution is 0.388. The molecular formula is C17H22N6S. The van der Waals surface area contributed by atoms with Crippen LogP contribution < -0.4 is 10.6 Å². The van der Waals surface area contributed by atoms with Crippen LogP contribution >= 0.6 is 11.3 Å². The lowest BCUT2D eigenvalue weighted by Crippen LogP contribution is -2.46. The molecule has 4 heterocycles. The van der Waals surface area contributed by atoms with Gasteiger partial charge in [-0.05, 0) is 32.7 Å². The maximum absolute atomic E-state index is 4.77. The first-order valence-electron chi connectivity index (χ1n) is 8.52. The molecule has 1 aliphatic heterocycles. The number of piperidine rings is 1. The summed E-state index contributed by atoms with van der Waals surface area (Å²) in [5.74, 6) is 0.828. The molecule has 0 aliphatic carbocycles. The van der Waals surface area contributed by atoms with Crippen LogP contribution in [-0.4, -0.2) is 38.0 Å². The third-order valence-corrected chi connectivity index (χ3v) is 5.74. The Balaban J connectivity index is 1.62. The van der Waals surface area contributed by atoms with Crippen molar-refractivity contribution in [1.82, 2.24) is 24.7 Å². The van der Waals surface area contributed by atoms with Crippen molar-refractivity contribution < 1.29 is 0 Å². The van der Waals surface area contributed by atoms with Gasteiger partial charge in [-0.15, -0.1) is 11.3 Å². The second-order valence-electron chi connectivity index (χ2n) is 6.27. The Bertz CT molecular complexity index is 839. The van der Waals surface area contributed by atoms with Crippen LogP contribution in [0.5, 0.6) is 0 Å². The number of nitrogens with one attached hydrogen (secondary N) is 2. The average Bonchev–Trinajstić information content (AvgIpc) is 3.17. The second-order valence-corrected chi connectivity index (χ2v) is 7.37. The van der Waals surface area contributed by atoms with Crippen molar-refractivity contribution in [3.05, 3.63) is 29.7 Å². The van der Waals surface area contributed by atoms with E-state index < -0.39 is 0 Å². The number of nitrogens with zero attached hydrogens (tertiary/aromatic N) is 4. The fraction of sp³-hybridized carbons (Fsp3) is 0.471. The summed E-state index contributed by atoms with van der Waals surface area (Å²) in [7, 11) is 0. The van der Waals surface area contributed by atoms with E-state index in [0.29, 0.717) is 12.1 Å². The second kappa shape index (κ2) is 6.49. The molecule has 2 atom stereocenters. The van der Waals surface area contributed by atoms with E-state index >= 15 is 0 Å². The molecule has 2 unspecified atom stereocenters. The van der Waals surface area contributed by atoms with E-state index in [-0.39, 0.29) is 0 Å². The van der Waals surface area contributed by atoms with Crippen molar-refractivity contribution in [3.63, 3.8) is 0 Å². The molecule has 1 saturated heterocycles. The number of rotatable bonds is 4. The molecule has 0 bridgehead atoms. The summed E-state index contributed by atoms with van der Waals surface area (Å²) in [4.78, 5) is 16.0. The van der Waals surface area contributed by atoms with Crippen LogP contribution in [0, 0.1) is 0 Å². The van der Waals surface area contributed by atoms with Crippen LogP contribution in [0.3, 0.4) is 0 Å². The SMILES string of the molecule is CCc1cn2c(-c3cncc(NC4CCCNC4C)n3)cnc2s1. The molecule has 6 nitrogen and oxygen atoms in total. The van der Waals surface area contributed by atoms with Gasteiger partial charge in [-0.25, -0.2) is 9.97 Å². The molecule has 2 N–H and O–H groups in total. The Morgan fingerprint density at radius 1 is 1.38 bits per heavy atom. The molecule has 1 fully saturated rings. The molecule has 0 aromatic carbocycles. The number of hydrogen-bond acceptors (Lipinski definition) is 6. The van der Waals surface area contributed by atoms with Gasteiger partial charge in [-0.1, -0.05) is 6.92 Å². The van der Waals surface area contributed by atoms with E-state index in [4.69, 9.17) is 4.98 Å². The smallest absolute Gasteiger partial charge is 0.194 e. The fourth-order valence-corrected chi connectivity index (χ4v) is 4.07. The van der Waals surface area contributed by atoms with Crippen molar-refractivity contribution in [1.29, 1.82) is 0 Å². The molecule has 3 aromatic rings. The first-order valence-corrected chi connectivity index (χ1v) is 9.34. The van der Waals surface area contributed by atoms with Crippen LogP contribution in [0.25, 0.3) is 16.3 Å². The van der Waals surface area contributed by atoms with Crippen molar-refractivity contribution in [2.75, 3.05) is 11.9 Å². The van der Waals surface area contributed by atoms with Gasteiger partial charge in [0.25, 0.3) is 0 Å². The highest BCUT2D eigenvalue weighted by atomic mass is 32.1. The monoisotopic (exact) mass is 342 g/mol. The lowest BCUT2D eigenvalue weighted by atomic mass is 10.00. The minimum atomic E-state index is 0.390. The van der Waals surface area contributed by atoms with Gasteiger partial charge in [0.15, 0.2) is 4.96 Å². The summed E-state index contributed by atoms with van der Waals surface area (Å²) >= 11 is 1.73. The van der Waals surface area contributed by atoms with Crippen LogP contribution in [0.15, 0.2) is 24.8 Å². The Morgan fingerprint density at radius 3 is 3.12 bits per heavy atom. The van der Waals surface area contributed by atoms with Crippen LogP contribution in [0.2, 0.25) is 0 Å². The largest absolute Gasteiger partial charge is 0.364 e. The topological polar surface area (TPSA) is 67.1 Å². The predicted octanol–water partition coefficient (Wildman–Crippen LogP) is 2.97. The van der Waals surface area contributed by atoms with Gasteiger partial charge in [0.2, 0.25) is 0 Å². The molecule has 0 radical (unpaired) electrons. The number of fused-ring (bicyclic) bond motifs is 1. The number of imidazole rings is 1. The van der Waals surface area contributed by atoms with Gasteiger partial charge in [-0.3, -0.25) is 9.38 Å². The van der Waals surface area contributed by atoms with E-state index in [1.807, 2.05) is 6.20 Å². The summed E-state index contributed by atoms with van der Waals surface area (Å²) in [6, 6.07) is 0.830. The third kappa shape index (κ3) is 2.89. The highest BCUT2D eigenvalue weighted by molar-refractivity contribution is 7.17. The first-order chi connectivity index (χ1) is 11.7. The molecule has 3 aromatic heterocycles. The average molecular weight is 342 g/mol. The Morgan fingerprint density at radius 2 is 2.29 bits per heavy atom. The molecule has 24 heavy (non-hydrogen) atoms. The molecular weight excluding hydrogens is 320 g/mol. The van der Waals surface area contributed by atoms with Gasteiger partial charge in [-0.2, -0.15) is 0 Å². The molecule has 4 rings (SSSR count). The molecule has 126 valence electrons. The highest BCUT2D eigenvalue weighted by Crippen LogP contribution is 2.25. The molecule has 7 heteroatoms. The number of thiazole rings is 1. The Kier molecular flexibility index (Phi) is 4.20. The zero-order chi connectivity index (χ0) is 16.5. The number of aryl methyl sites for hydroxylation is 1. The van der Waals surface area contributed by atoms with E-state index in [9.17, 15) is 0 Å². The minimum Gasteiger partial charge on any atom is -0.364 e. The van der Waals surface area contributed by atoms with E-state index in [2.05, 4.69) is 45.0 Å². The number of hydrogen-bond donors (Lipinski definition) is 2. The maximum Gasteiger partial charge on any atom is 0.194 e.